The molecule has 2 atom stereocenters. The number of alkyl halides is 3. The van der Waals surface area contributed by atoms with Crippen LogP contribution in [-0.2, 0) is 15.6 Å². The van der Waals surface area contributed by atoms with Crippen LogP contribution in [0, 0.1) is 0 Å². The second-order valence-electron chi connectivity index (χ2n) is 5.80. The molecule has 0 aliphatic rings. The number of amides is 1. The lowest BCUT2D eigenvalue weighted by molar-refractivity contribution is -0.134. The van der Waals surface area contributed by atoms with E-state index in [4.69, 9.17) is 11.6 Å². The summed E-state index contributed by atoms with van der Waals surface area (Å²) in [6.45, 7) is 1.42. The number of rotatable bonds is 7. The first-order chi connectivity index (χ1) is 12.6. The summed E-state index contributed by atoms with van der Waals surface area (Å²) in [5, 5.41) is 3.20. The van der Waals surface area contributed by atoms with E-state index in [-0.39, 0.29) is 17.3 Å². The van der Waals surface area contributed by atoms with E-state index in [0.29, 0.717) is 11.4 Å². The van der Waals surface area contributed by atoms with Gasteiger partial charge >= 0.3 is 6.18 Å². The maximum Gasteiger partial charge on any atom is 0.389 e. The molecule has 6 nitrogen and oxygen atoms in total. The molecule has 0 bridgehead atoms. The molecule has 2 heterocycles. The number of nitrogens with zero attached hydrogens (tertiary/aromatic N) is 4. The Morgan fingerprint density at radius 3 is 2.74 bits per heavy atom. The topological polar surface area (TPSA) is 68.1 Å². The number of hydrogen-bond acceptors (Lipinski definition) is 4. The zero-order chi connectivity index (χ0) is 20.2. The van der Waals surface area contributed by atoms with Gasteiger partial charge in [0.05, 0.1) is 18.1 Å². The molecule has 0 fully saturated rings. The zero-order valence-electron chi connectivity index (χ0n) is 14.6. The molecule has 0 N–H and O–H groups in total. The Bertz CT molecular complexity index is 814. The van der Waals surface area contributed by atoms with Crippen LogP contribution in [-0.4, -0.2) is 49.1 Å². The Labute approximate surface area is 161 Å². The van der Waals surface area contributed by atoms with Crippen molar-refractivity contribution >= 4 is 34.0 Å². The predicted octanol–water partition coefficient (Wildman–Crippen LogP) is 3.36. The first-order valence-corrected chi connectivity index (χ1v) is 9.73. The van der Waals surface area contributed by atoms with Crippen molar-refractivity contribution in [2.24, 2.45) is 0 Å². The van der Waals surface area contributed by atoms with Gasteiger partial charge in [0.2, 0.25) is 5.91 Å². The highest BCUT2D eigenvalue weighted by atomic mass is 35.5. The molecule has 148 valence electrons. The summed E-state index contributed by atoms with van der Waals surface area (Å²) in [6.07, 6.45) is -0.941. The third kappa shape index (κ3) is 5.77. The van der Waals surface area contributed by atoms with Crippen LogP contribution in [0.3, 0.4) is 0 Å². The fourth-order valence-electron chi connectivity index (χ4n) is 2.29. The Morgan fingerprint density at radius 1 is 1.44 bits per heavy atom. The number of hydrogen-bond donors (Lipinski definition) is 0. The van der Waals surface area contributed by atoms with Gasteiger partial charge in [-0.1, -0.05) is 11.6 Å². The van der Waals surface area contributed by atoms with Crippen LogP contribution in [0.1, 0.15) is 19.8 Å². The van der Waals surface area contributed by atoms with Crippen LogP contribution in [0.5, 0.6) is 0 Å². The van der Waals surface area contributed by atoms with Crippen LogP contribution in [0.15, 0.2) is 30.7 Å². The molecule has 2 unspecified atom stereocenters. The smallest absolute Gasteiger partial charge is 0.310 e. The van der Waals surface area contributed by atoms with Gasteiger partial charge in [-0.3, -0.25) is 14.0 Å². The monoisotopic (exact) mass is 422 g/mol. The van der Waals surface area contributed by atoms with Crippen molar-refractivity contribution in [2.75, 3.05) is 17.7 Å². The van der Waals surface area contributed by atoms with E-state index in [1.165, 1.54) is 29.7 Å². The third-order valence-electron chi connectivity index (χ3n) is 3.80. The number of halogens is 4. The van der Waals surface area contributed by atoms with E-state index in [9.17, 15) is 22.2 Å². The Hall–Kier alpha value is -1.94. The molecule has 27 heavy (non-hydrogen) atoms. The van der Waals surface area contributed by atoms with Crippen LogP contribution in [0.4, 0.5) is 18.9 Å². The quantitative estimate of drug-likeness (QED) is 0.686. The number of aromatic nitrogens is 3. The maximum absolute atomic E-state index is 12.5. The van der Waals surface area contributed by atoms with Gasteiger partial charge in [-0.2, -0.15) is 18.3 Å². The highest BCUT2D eigenvalue weighted by Crippen LogP contribution is 2.26. The van der Waals surface area contributed by atoms with Crippen molar-refractivity contribution < 1.29 is 22.2 Å². The first-order valence-electron chi connectivity index (χ1n) is 7.97. The van der Waals surface area contributed by atoms with Gasteiger partial charge in [-0.15, -0.1) is 0 Å². The highest BCUT2D eigenvalue weighted by molar-refractivity contribution is 7.86. The predicted molar refractivity (Wildman–Crippen MR) is 97.5 cm³/mol. The van der Waals surface area contributed by atoms with E-state index in [1.54, 1.807) is 24.5 Å². The Morgan fingerprint density at radius 2 is 2.15 bits per heavy atom. The largest absolute Gasteiger partial charge is 0.389 e. The van der Waals surface area contributed by atoms with Gasteiger partial charge in [0.1, 0.15) is 10.9 Å². The molecule has 0 aromatic carbocycles. The number of anilines is 1. The molecule has 0 aliphatic heterocycles. The van der Waals surface area contributed by atoms with Gasteiger partial charge in [0.15, 0.2) is 5.15 Å². The first kappa shape index (κ1) is 21.4. The van der Waals surface area contributed by atoms with Crippen molar-refractivity contribution in [3.05, 3.63) is 35.9 Å². The lowest BCUT2D eigenvalue weighted by Gasteiger charge is -2.20. The average molecular weight is 423 g/mol. The van der Waals surface area contributed by atoms with Crippen LogP contribution in [0.25, 0.3) is 5.69 Å². The summed E-state index contributed by atoms with van der Waals surface area (Å²) >= 11 is 6.10. The van der Waals surface area contributed by atoms with Crippen LogP contribution in [0.2, 0.25) is 5.15 Å². The minimum absolute atomic E-state index is 0.0600. The Balaban J connectivity index is 2.06. The number of pyridine rings is 1. The van der Waals surface area contributed by atoms with Gasteiger partial charge in [-0.05, 0) is 25.5 Å². The molecular formula is C16H18ClF3N4O2S. The molecule has 2 rings (SSSR count). The van der Waals surface area contributed by atoms with Gasteiger partial charge in [0, 0.05) is 36.2 Å². The van der Waals surface area contributed by atoms with E-state index in [0.717, 1.165) is 0 Å². The summed E-state index contributed by atoms with van der Waals surface area (Å²) in [7, 11) is -0.285. The minimum Gasteiger partial charge on any atom is -0.310 e. The molecule has 11 heteroatoms. The average Bonchev–Trinajstić information content (AvgIpc) is 3.01. The zero-order valence-corrected chi connectivity index (χ0v) is 16.2. The van der Waals surface area contributed by atoms with Crippen molar-refractivity contribution in [3.63, 3.8) is 0 Å². The fourth-order valence-corrected chi connectivity index (χ4v) is 3.71. The van der Waals surface area contributed by atoms with Gasteiger partial charge in [0.25, 0.3) is 0 Å². The summed E-state index contributed by atoms with van der Waals surface area (Å²) < 4.78 is 50.2. The minimum atomic E-state index is -4.30. The molecule has 1 amide bonds. The third-order valence-corrected chi connectivity index (χ3v) is 5.75. The van der Waals surface area contributed by atoms with E-state index in [2.05, 4.69) is 10.1 Å². The molecule has 0 spiro atoms. The van der Waals surface area contributed by atoms with E-state index in [1.807, 2.05) is 0 Å². The highest BCUT2D eigenvalue weighted by Gasteiger charge is 2.29. The maximum atomic E-state index is 12.5. The van der Waals surface area contributed by atoms with Gasteiger partial charge < -0.3 is 4.90 Å². The fraction of sp³-hybridized carbons (Fsp3) is 0.438. The van der Waals surface area contributed by atoms with Crippen molar-refractivity contribution in [2.45, 2.75) is 31.2 Å². The lowest BCUT2D eigenvalue weighted by atomic mass is 10.3. The summed E-state index contributed by atoms with van der Waals surface area (Å²) in [5.74, 6) is -0.726. The molecule has 0 aliphatic carbocycles. The number of carbonyl (C=O) groups is 1. The van der Waals surface area contributed by atoms with Crippen molar-refractivity contribution in [1.82, 2.24) is 14.8 Å². The summed E-state index contributed by atoms with van der Waals surface area (Å²) in [5.41, 5.74) is 0.930. The molecular weight excluding hydrogens is 405 g/mol. The normalized spacial score (nSPS) is 14.0. The number of carbonyl (C=O) groups excluding carboxylic acids is 1. The summed E-state index contributed by atoms with van der Waals surface area (Å²) in [6, 6.07) is 3.46. The van der Waals surface area contributed by atoms with Crippen molar-refractivity contribution in [3.8, 4) is 5.69 Å². The van der Waals surface area contributed by atoms with Crippen LogP contribution < -0.4 is 4.90 Å². The van der Waals surface area contributed by atoms with Crippen molar-refractivity contribution in [1.29, 1.82) is 0 Å². The SMILES string of the molecule is CC(C(=O)N(C)c1cn(-c2cccnc2)nc1Cl)S(=O)CCCC(F)(F)F. The summed E-state index contributed by atoms with van der Waals surface area (Å²) in [4.78, 5) is 17.7. The standard InChI is InChI=1S/C16H18ClF3N4O2S/c1-11(27(26)8-4-6-16(18,19)20)15(25)23(2)13-10-24(22-14(13)17)12-5-3-7-21-9-12/h3,5,7,9-11H,4,6,8H2,1-2H3. The Kier molecular flexibility index (Phi) is 6.99. The molecule has 0 saturated carbocycles. The molecule has 2 aromatic rings. The second-order valence-corrected chi connectivity index (χ2v) is 8.04. The van der Waals surface area contributed by atoms with Gasteiger partial charge in [-0.25, -0.2) is 4.68 Å². The lowest BCUT2D eigenvalue weighted by Crippen LogP contribution is -2.38. The molecule has 0 saturated heterocycles. The molecule has 2 aromatic heterocycles. The second kappa shape index (κ2) is 8.83. The van der Waals surface area contributed by atoms with E-state index >= 15 is 0 Å². The molecule has 0 radical (unpaired) electrons. The van der Waals surface area contributed by atoms with E-state index < -0.39 is 34.6 Å². The van der Waals surface area contributed by atoms with Crippen LogP contribution >= 0.6 is 11.6 Å².